The molecule has 0 saturated carbocycles. The summed E-state index contributed by atoms with van der Waals surface area (Å²) in [6, 6.07) is 6.79. The van der Waals surface area contributed by atoms with E-state index in [0.717, 1.165) is 5.56 Å². The van der Waals surface area contributed by atoms with Gasteiger partial charge in [-0.05, 0) is 17.7 Å². The molecule has 0 bridgehead atoms. The Kier molecular flexibility index (Phi) is 8.21. The third kappa shape index (κ3) is 6.55. The molecule has 0 aromatic heterocycles. The molecule has 2 rings (SSSR count). The lowest BCUT2D eigenvalue weighted by atomic mass is 10.1. The summed E-state index contributed by atoms with van der Waals surface area (Å²) < 4.78 is 15.7. The molecule has 1 fully saturated rings. The van der Waals surface area contributed by atoms with Gasteiger partial charge in [-0.15, -0.1) is 0 Å². The fourth-order valence-electron chi connectivity index (χ4n) is 2.10. The Balaban J connectivity index is 0.00000139. The van der Waals surface area contributed by atoms with Crippen LogP contribution in [0.25, 0.3) is 0 Å². The number of benzene rings is 1. The fraction of sp³-hybridized carbons (Fsp3) is 0.529. The first kappa shape index (κ1) is 19.9. The molecule has 1 aromatic carbocycles. The summed E-state index contributed by atoms with van der Waals surface area (Å²) in [5, 5.41) is 18.6. The van der Waals surface area contributed by atoms with Gasteiger partial charge in [0.2, 0.25) is 6.29 Å². The van der Waals surface area contributed by atoms with E-state index in [9.17, 15) is 14.7 Å². The number of carbonyl (C=O) groups is 2. The quantitative estimate of drug-likeness (QED) is 0.791. The van der Waals surface area contributed by atoms with Gasteiger partial charge in [-0.2, -0.15) is 0 Å². The van der Waals surface area contributed by atoms with Crippen molar-refractivity contribution in [3.05, 3.63) is 29.8 Å². The van der Waals surface area contributed by atoms with Crippen LogP contribution in [-0.4, -0.2) is 40.6 Å². The average Bonchev–Trinajstić information content (AvgIpc) is 2.55. The maximum atomic E-state index is 10.9. The Bertz CT molecular complexity index is 526. The van der Waals surface area contributed by atoms with Crippen molar-refractivity contribution in [3.63, 3.8) is 0 Å². The molecule has 0 amide bonds. The Hall–Kier alpha value is -2.12. The zero-order valence-corrected chi connectivity index (χ0v) is 14.1. The van der Waals surface area contributed by atoms with Gasteiger partial charge in [-0.1, -0.05) is 26.0 Å². The standard InChI is InChI=1S/C15H18O7.C2H6/c1-9(16)20-8-10-2-4-12(5-3-10)21-14-7-11(17)6-13(22-14)15(18)19;1-2/h2-5,11,13-14,17H,6-8H2,1H3,(H,18,19);1-2H3. The molecule has 1 saturated heterocycles. The van der Waals surface area contributed by atoms with Gasteiger partial charge in [-0.3, -0.25) is 4.79 Å². The maximum absolute atomic E-state index is 10.9. The second kappa shape index (κ2) is 9.89. The van der Waals surface area contributed by atoms with Gasteiger partial charge in [-0.25, -0.2) is 4.79 Å². The van der Waals surface area contributed by atoms with Crippen LogP contribution in [0.2, 0.25) is 0 Å². The van der Waals surface area contributed by atoms with Gasteiger partial charge >= 0.3 is 11.9 Å². The zero-order chi connectivity index (χ0) is 18.1. The second-order valence-electron chi connectivity index (χ2n) is 5.06. The topological polar surface area (TPSA) is 102 Å². The van der Waals surface area contributed by atoms with E-state index in [2.05, 4.69) is 0 Å². The molecule has 0 spiro atoms. The van der Waals surface area contributed by atoms with E-state index in [1.165, 1.54) is 6.92 Å². The largest absolute Gasteiger partial charge is 0.479 e. The molecule has 7 nitrogen and oxygen atoms in total. The Morgan fingerprint density at radius 1 is 1.21 bits per heavy atom. The van der Waals surface area contributed by atoms with Crippen LogP contribution < -0.4 is 4.74 Å². The van der Waals surface area contributed by atoms with E-state index in [0.29, 0.717) is 5.75 Å². The highest BCUT2D eigenvalue weighted by Gasteiger charge is 2.33. The number of aliphatic carboxylic acids is 1. The van der Waals surface area contributed by atoms with Gasteiger partial charge in [0, 0.05) is 19.8 Å². The van der Waals surface area contributed by atoms with Crippen molar-refractivity contribution in [2.75, 3.05) is 0 Å². The number of ether oxygens (including phenoxy) is 3. The first-order valence-corrected chi connectivity index (χ1v) is 7.89. The molecule has 7 heteroatoms. The van der Waals surface area contributed by atoms with Crippen molar-refractivity contribution in [1.82, 2.24) is 0 Å². The molecule has 0 radical (unpaired) electrons. The third-order valence-corrected chi connectivity index (χ3v) is 3.18. The number of carbonyl (C=O) groups excluding carboxylic acids is 1. The molecular formula is C17H24O7. The molecule has 3 atom stereocenters. The van der Waals surface area contributed by atoms with Gasteiger partial charge in [0.25, 0.3) is 0 Å². The lowest BCUT2D eigenvalue weighted by molar-refractivity contribution is -0.195. The van der Waals surface area contributed by atoms with Crippen LogP contribution in [0.1, 0.15) is 39.2 Å². The maximum Gasteiger partial charge on any atom is 0.333 e. The number of rotatable bonds is 5. The van der Waals surface area contributed by atoms with Crippen LogP contribution >= 0.6 is 0 Å². The van der Waals surface area contributed by atoms with Crippen molar-refractivity contribution >= 4 is 11.9 Å². The molecule has 24 heavy (non-hydrogen) atoms. The summed E-state index contributed by atoms with van der Waals surface area (Å²) in [5.41, 5.74) is 0.801. The first-order chi connectivity index (χ1) is 11.4. The van der Waals surface area contributed by atoms with E-state index < -0.39 is 24.5 Å². The molecule has 134 valence electrons. The molecular weight excluding hydrogens is 316 g/mol. The van der Waals surface area contributed by atoms with Crippen LogP contribution in [-0.2, 0) is 25.7 Å². The van der Waals surface area contributed by atoms with Gasteiger partial charge in [0.1, 0.15) is 12.4 Å². The molecule has 0 aliphatic carbocycles. The van der Waals surface area contributed by atoms with Crippen molar-refractivity contribution in [2.24, 2.45) is 0 Å². The Morgan fingerprint density at radius 3 is 2.38 bits per heavy atom. The zero-order valence-electron chi connectivity index (χ0n) is 14.1. The first-order valence-electron chi connectivity index (χ1n) is 7.89. The second-order valence-corrected chi connectivity index (χ2v) is 5.06. The van der Waals surface area contributed by atoms with Crippen LogP contribution in [0.5, 0.6) is 5.75 Å². The summed E-state index contributed by atoms with van der Waals surface area (Å²) in [5.74, 6) is -0.997. The van der Waals surface area contributed by atoms with Crippen molar-refractivity contribution in [2.45, 2.75) is 58.7 Å². The Morgan fingerprint density at radius 2 is 1.83 bits per heavy atom. The van der Waals surface area contributed by atoms with Gasteiger partial charge in [0.15, 0.2) is 6.10 Å². The Labute approximate surface area is 141 Å². The van der Waals surface area contributed by atoms with E-state index in [1.54, 1.807) is 24.3 Å². The monoisotopic (exact) mass is 340 g/mol. The smallest absolute Gasteiger partial charge is 0.333 e. The third-order valence-electron chi connectivity index (χ3n) is 3.18. The summed E-state index contributed by atoms with van der Waals surface area (Å²) >= 11 is 0. The minimum atomic E-state index is -1.12. The highest BCUT2D eigenvalue weighted by atomic mass is 16.7. The molecule has 1 aromatic rings. The number of hydrogen-bond donors (Lipinski definition) is 2. The fourth-order valence-corrected chi connectivity index (χ4v) is 2.10. The SMILES string of the molecule is CC.CC(=O)OCc1ccc(OC2CC(O)CC(C(=O)O)O2)cc1. The number of aliphatic hydroxyl groups is 1. The predicted molar refractivity (Wildman–Crippen MR) is 85.4 cm³/mol. The van der Waals surface area contributed by atoms with Crippen molar-refractivity contribution < 1.29 is 34.0 Å². The van der Waals surface area contributed by atoms with Crippen LogP contribution in [0.3, 0.4) is 0 Å². The van der Waals surface area contributed by atoms with Crippen LogP contribution in [0.15, 0.2) is 24.3 Å². The summed E-state index contributed by atoms with van der Waals surface area (Å²) in [6.07, 6.45) is -2.40. The van der Waals surface area contributed by atoms with Crippen LogP contribution in [0, 0.1) is 0 Å². The highest BCUT2D eigenvalue weighted by molar-refractivity contribution is 5.72. The molecule has 1 aliphatic rings. The summed E-state index contributed by atoms with van der Waals surface area (Å²) in [4.78, 5) is 21.7. The number of aliphatic hydroxyl groups excluding tert-OH is 1. The highest BCUT2D eigenvalue weighted by Crippen LogP contribution is 2.23. The van der Waals surface area contributed by atoms with E-state index in [1.807, 2.05) is 13.8 Å². The van der Waals surface area contributed by atoms with E-state index in [-0.39, 0.29) is 25.4 Å². The number of carboxylic acid groups (broad SMARTS) is 1. The molecule has 2 N–H and O–H groups in total. The van der Waals surface area contributed by atoms with E-state index >= 15 is 0 Å². The van der Waals surface area contributed by atoms with E-state index in [4.69, 9.17) is 19.3 Å². The minimum absolute atomic E-state index is 0.0521. The molecule has 3 unspecified atom stereocenters. The lowest BCUT2D eigenvalue weighted by Gasteiger charge is -2.31. The number of hydrogen-bond acceptors (Lipinski definition) is 6. The molecule has 1 heterocycles. The predicted octanol–water partition coefficient (Wildman–Crippen LogP) is 2.11. The summed E-state index contributed by atoms with van der Waals surface area (Å²) in [7, 11) is 0. The number of carboxylic acids is 1. The van der Waals surface area contributed by atoms with Gasteiger partial charge in [0.05, 0.1) is 6.10 Å². The molecule has 1 aliphatic heterocycles. The van der Waals surface area contributed by atoms with Gasteiger partial charge < -0.3 is 24.4 Å². The number of esters is 1. The van der Waals surface area contributed by atoms with Crippen molar-refractivity contribution in [3.8, 4) is 5.75 Å². The van der Waals surface area contributed by atoms with Crippen LogP contribution in [0.4, 0.5) is 0 Å². The van der Waals surface area contributed by atoms with Crippen molar-refractivity contribution in [1.29, 1.82) is 0 Å². The summed E-state index contributed by atoms with van der Waals surface area (Å²) in [6.45, 7) is 5.51. The lowest BCUT2D eigenvalue weighted by Crippen LogP contribution is -2.42. The normalized spacial score (nSPS) is 22.8. The average molecular weight is 340 g/mol. The minimum Gasteiger partial charge on any atom is -0.479 e.